The zero-order valence-electron chi connectivity index (χ0n) is 17.3. The van der Waals surface area contributed by atoms with E-state index in [1.807, 2.05) is 11.3 Å². The van der Waals surface area contributed by atoms with Crippen molar-refractivity contribution in [2.75, 3.05) is 18.2 Å². The fourth-order valence-electron chi connectivity index (χ4n) is 3.91. The molecule has 1 N–H and O–H groups in total. The molecule has 0 radical (unpaired) electrons. The second-order valence-corrected chi connectivity index (χ2v) is 10.0. The Bertz CT molecular complexity index is 1150. The molecule has 0 saturated heterocycles. The predicted molar refractivity (Wildman–Crippen MR) is 123 cm³/mol. The maximum Gasteiger partial charge on any atom is 0.337 e. The summed E-state index contributed by atoms with van der Waals surface area (Å²) in [4.78, 5) is 36.4. The number of rotatable bonds is 6. The molecule has 160 valence electrons. The first-order valence-electron chi connectivity index (χ1n) is 10.6. The molecule has 31 heavy (non-hydrogen) atoms. The van der Waals surface area contributed by atoms with Gasteiger partial charge in [0.1, 0.15) is 15.7 Å². The number of methoxy groups -OCH3 is 1. The van der Waals surface area contributed by atoms with E-state index in [0.717, 1.165) is 41.4 Å². The van der Waals surface area contributed by atoms with Crippen molar-refractivity contribution in [3.8, 4) is 0 Å². The van der Waals surface area contributed by atoms with Crippen LogP contribution in [0.3, 0.4) is 0 Å². The lowest BCUT2D eigenvalue weighted by molar-refractivity contribution is -0.113. The number of anilines is 1. The van der Waals surface area contributed by atoms with Crippen molar-refractivity contribution in [3.63, 3.8) is 0 Å². The van der Waals surface area contributed by atoms with Crippen molar-refractivity contribution in [1.82, 2.24) is 9.97 Å². The van der Waals surface area contributed by atoms with E-state index in [0.29, 0.717) is 17.2 Å². The molecule has 5 rings (SSSR count). The van der Waals surface area contributed by atoms with Crippen molar-refractivity contribution in [2.24, 2.45) is 0 Å². The number of amides is 1. The van der Waals surface area contributed by atoms with E-state index >= 15 is 0 Å². The molecule has 6 nitrogen and oxygen atoms in total. The molecule has 8 heteroatoms. The van der Waals surface area contributed by atoms with Crippen LogP contribution in [0.5, 0.6) is 0 Å². The number of aryl methyl sites for hydroxylation is 2. The van der Waals surface area contributed by atoms with Gasteiger partial charge < -0.3 is 10.1 Å². The molecule has 0 bridgehead atoms. The lowest BCUT2D eigenvalue weighted by Gasteiger charge is -2.12. The van der Waals surface area contributed by atoms with Crippen molar-refractivity contribution in [1.29, 1.82) is 0 Å². The monoisotopic (exact) mass is 453 g/mol. The summed E-state index contributed by atoms with van der Waals surface area (Å²) in [5.41, 5.74) is 2.50. The summed E-state index contributed by atoms with van der Waals surface area (Å²) in [5, 5.41) is 5.02. The maximum absolute atomic E-state index is 12.6. The molecule has 3 aromatic rings. The first-order chi connectivity index (χ1) is 15.1. The van der Waals surface area contributed by atoms with Gasteiger partial charge in [0.2, 0.25) is 5.91 Å². The van der Waals surface area contributed by atoms with Gasteiger partial charge in [0.25, 0.3) is 0 Å². The van der Waals surface area contributed by atoms with Gasteiger partial charge in [-0.25, -0.2) is 14.8 Å². The number of carbonyl (C=O) groups is 2. The summed E-state index contributed by atoms with van der Waals surface area (Å²) in [6.45, 7) is 0. The number of esters is 1. The zero-order chi connectivity index (χ0) is 21.4. The number of ether oxygens (including phenoxy) is 1. The molecule has 0 aliphatic heterocycles. The summed E-state index contributed by atoms with van der Waals surface area (Å²) >= 11 is 3.31. The Morgan fingerprint density at radius 2 is 1.94 bits per heavy atom. The van der Waals surface area contributed by atoms with Gasteiger partial charge in [0, 0.05) is 21.9 Å². The lowest BCUT2D eigenvalue weighted by Crippen LogP contribution is -2.14. The first kappa shape index (κ1) is 20.5. The van der Waals surface area contributed by atoms with Gasteiger partial charge in [-0.05, 0) is 68.4 Å². The van der Waals surface area contributed by atoms with E-state index in [2.05, 4.69) is 5.32 Å². The lowest BCUT2D eigenvalue weighted by atomic mass is 9.97. The van der Waals surface area contributed by atoms with Crippen LogP contribution < -0.4 is 5.32 Å². The molecule has 1 saturated carbocycles. The molecule has 1 amide bonds. The molecule has 0 spiro atoms. The number of nitrogens with one attached hydrogen (secondary N) is 1. The molecule has 2 aliphatic carbocycles. The van der Waals surface area contributed by atoms with Gasteiger partial charge in [0.05, 0.1) is 18.4 Å². The second-order valence-electron chi connectivity index (χ2n) is 7.96. The van der Waals surface area contributed by atoms with Crippen LogP contribution in [0.2, 0.25) is 0 Å². The Morgan fingerprint density at radius 3 is 2.68 bits per heavy atom. The normalized spacial score (nSPS) is 15.5. The summed E-state index contributed by atoms with van der Waals surface area (Å²) in [6, 6.07) is 6.69. The molecule has 0 unspecified atom stereocenters. The quantitative estimate of drug-likeness (QED) is 0.323. The Kier molecular flexibility index (Phi) is 5.67. The Labute approximate surface area is 188 Å². The molecular formula is C23H23N3O3S2. The predicted octanol–water partition coefficient (Wildman–Crippen LogP) is 4.96. The topological polar surface area (TPSA) is 81.2 Å². The minimum atomic E-state index is -0.397. The van der Waals surface area contributed by atoms with E-state index in [1.54, 1.807) is 24.3 Å². The minimum absolute atomic E-state index is 0.0975. The number of aromatic nitrogens is 2. The number of fused-ring (bicyclic) bond motifs is 3. The summed E-state index contributed by atoms with van der Waals surface area (Å²) < 4.78 is 4.70. The average Bonchev–Trinajstić information content (AvgIpc) is 3.57. The fraction of sp³-hybridized carbons (Fsp3) is 0.391. The smallest absolute Gasteiger partial charge is 0.337 e. The van der Waals surface area contributed by atoms with E-state index in [4.69, 9.17) is 14.7 Å². The van der Waals surface area contributed by atoms with Crippen LogP contribution in [0.1, 0.15) is 58.2 Å². The number of nitrogens with zero attached hydrogens (tertiary/aromatic N) is 2. The maximum atomic E-state index is 12.6. The van der Waals surface area contributed by atoms with Crippen molar-refractivity contribution in [2.45, 2.75) is 49.5 Å². The molecule has 2 aliphatic rings. The molecular weight excluding hydrogens is 430 g/mol. The van der Waals surface area contributed by atoms with Crippen molar-refractivity contribution < 1.29 is 14.3 Å². The number of benzene rings is 1. The summed E-state index contributed by atoms with van der Waals surface area (Å²) in [7, 11) is 1.35. The van der Waals surface area contributed by atoms with Gasteiger partial charge >= 0.3 is 5.97 Å². The third kappa shape index (κ3) is 4.32. The van der Waals surface area contributed by atoms with Crippen LogP contribution in [0.4, 0.5) is 5.69 Å². The number of thiophene rings is 1. The van der Waals surface area contributed by atoms with Crippen molar-refractivity contribution >= 4 is 50.9 Å². The summed E-state index contributed by atoms with van der Waals surface area (Å²) in [6.07, 6.45) is 6.96. The Hall–Kier alpha value is -2.45. The largest absolute Gasteiger partial charge is 0.465 e. The van der Waals surface area contributed by atoms with Crippen LogP contribution in [0, 0.1) is 0 Å². The van der Waals surface area contributed by atoms with Gasteiger partial charge in [-0.3, -0.25) is 4.79 Å². The SMILES string of the molecule is COC(=O)c1ccc(NC(=O)CSc2nc(C3CC3)nc3sc4c(c23)CCCC4)cc1. The van der Waals surface area contributed by atoms with Gasteiger partial charge in [0.15, 0.2) is 0 Å². The molecule has 1 fully saturated rings. The van der Waals surface area contributed by atoms with E-state index < -0.39 is 5.97 Å². The van der Waals surface area contributed by atoms with Crippen LogP contribution in [0.15, 0.2) is 29.3 Å². The second kappa shape index (κ2) is 8.59. The zero-order valence-corrected chi connectivity index (χ0v) is 18.9. The number of thioether (sulfide) groups is 1. The van der Waals surface area contributed by atoms with Gasteiger partial charge in [-0.2, -0.15) is 0 Å². The van der Waals surface area contributed by atoms with Crippen LogP contribution in [-0.2, 0) is 22.4 Å². The number of carbonyl (C=O) groups excluding carboxylic acids is 2. The number of hydrogen-bond donors (Lipinski definition) is 1. The third-order valence-electron chi connectivity index (χ3n) is 5.67. The van der Waals surface area contributed by atoms with E-state index in [9.17, 15) is 9.59 Å². The number of hydrogen-bond acceptors (Lipinski definition) is 7. The van der Waals surface area contributed by atoms with Crippen LogP contribution in [-0.4, -0.2) is 34.7 Å². The minimum Gasteiger partial charge on any atom is -0.465 e. The standard InChI is InChI=1S/C23H23N3O3S2/c1-29-23(28)14-8-10-15(11-9-14)24-18(27)12-30-21-19-16-4-2-3-5-17(16)31-22(19)26-20(25-21)13-6-7-13/h8-11,13H,2-7,12H2,1H3,(H,24,27). The fourth-order valence-corrected chi connectivity index (χ4v) is 6.10. The average molecular weight is 454 g/mol. The Morgan fingerprint density at radius 1 is 1.16 bits per heavy atom. The highest BCUT2D eigenvalue weighted by molar-refractivity contribution is 8.00. The highest BCUT2D eigenvalue weighted by Crippen LogP contribution is 2.44. The third-order valence-corrected chi connectivity index (χ3v) is 7.83. The van der Waals surface area contributed by atoms with E-state index in [1.165, 1.54) is 47.5 Å². The summed E-state index contributed by atoms with van der Waals surface area (Å²) in [5.74, 6) is 1.20. The Balaban J connectivity index is 1.33. The molecule has 0 atom stereocenters. The van der Waals surface area contributed by atoms with Crippen molar-refractivity contribution in [3.05, 3.63) is 46.1 Å². The van der Waals surface area contributed by atoms with Gasteiger partial charge in [-0.1, -0.05) is 11.8 Å². The highest BCUT2D eigenvalue weighted by Gasteiger charge is 2.29. The molecule has 1 aromatic carbocycles. The van der Waals surface area contributed by atoms with Gasteiger partial charge in [-0.15, -0.1) is 11.3 Å². The molecule has 2 heterocycles. The van der Waals surface area contributed by atoms with E-state index in [-0.39, 0.29) is 11.7 Å². The van der Waals surface area contributed by atoms with Crippen LogP contribution in [0.25, 0.3) is 10.2 Å². The van der Waals surface area contributed by atoms with Crippen LogP contribution >= 0.6 is 23.1 Å². The first-order valence-corrected chi connectivity index (χ1v) is 12.4. The highest BCUT2D eigenvalue weighted by atomic mass is 32.2. The molecule has 2 aromatic heterocycles.